The summed E-state index contributed by atoms with van der Waals surface area (Å²) >= 11 is 5.84. The van der Waals surface area contributed by atoms with E-state index in [1.807, 2.05) is 6.92 Å². The van der Waals surface area contributed by atoms with Gasteiger partial charge in [0.1, 0.15) is 0 Å². The zero-order chi connectivity index (χ0) is 11.3. The van der Waals surface area contributed by atoms with Crippen LogP contribution in [0.15, 0.2) is 0 Å². The highest BCUT2D eigenvalue weighted by atomic mass is 35.5. The molecule has 1 N–H and O–H groups in total. The summed E-state index contributed by atoms with van der Waals surface area (Å²) in [5.41, 5.74) is -0.0600. The van der Waals surface area contributed by atoms with Gasteiger partial charge in [-0.05, 0) is 32.6 Å². The Bertz CT molecular complexity index is 210. The molecule has 0 aromatic rings. The van der Waals surface area contributed by atoms with Gasteiger partial charge < -0.3 is 5.32 Å². The Morgan fingerprint density at radius 3 is 2.53 bits per heavy atom. The van der Waals surface area contributed by atoms with Crippen molar-refractivity contribution in [2.75, 3.05) is 6.54 Å². The normalized spacial score (nSPS) is 21.3. The van der Waals surface area contributed by atoms with Crippen molar-refractivity contribution in [3.63, 3.8) is 0 Å². The van der Waals surface area contributed by atoms with Crippen LogP contribution in [-0.2, 0) is 4.79 Å². The number of carbonyl (C=O) groups excluding carboxylic acids is 1. The molecule has 1 rings (SSSR count). The Morgan fingerprint density at radius 2 is 2.07 bits per heavy atom. The Kier molecular flexibility index (Phi) is 4.91. The quantitative estimate of drug-likeness (QED) is 0.724. The summed E-state index contributed by atoms with van der Waals surface area (Å²) in [5.74, 6) is 0.250. The Hall–Kier alpha value is -0.240. The van der Waals surface area contributed by atoms with Crippen molar-refractivity contribution in [1.29, 1.82) is 0 Å². The molecule has 0 spiro atoms. The van der Waals surface area contributed by atoms with Crippen LogP contribution < -0.4 is 5.32 Å². The van der Waals surface area contributed by atoms with Gasteiger partial charge >= 0.3 is 0 Å². The van der Waals surface area contributed by atoms with E-state index < -0.39 is 0 Å². The predicted octanol–water partition coefficient (Wildman–Crippen LogP) is 3.09. The summed E-state index contributed by atoms with van der Waals surface area (Å²) in [6.07, 6.45) is 6.35. The second-order valence-corrected chi connectivity index (χ2v) is 5.41. The van der Waals surface area contributed by atoms with Crippen molar-refractivity contribution in [3.8, 4) is 0 Å². The molecule has 0 saturated heterocycles. The molecule has 1 aliphatic carbocycles. The molecule has 0 aromatic carbocycles. The number of rotatable bonds is 5. The SMILES string of the molecule is CCC1(C(=O)NCCC(C)Cl)CCCC1. The van der Waals surface area contributed by atoms with Crippen LogP contribution in [0.1, 0.15) is 52.4 Å². The van der Waals surface area contributed by atoms with Gasteiger partial charge in [0, 0.05) is 17.3 Å². The van der Waals surface area contributed by atoms with E-state index in [0.29, 0.717) is 6.54 Å². The van der Waals surface area contributed by atoms with E-state index in [1.54, 1.807) is 0 Å². The molecule has 1 aliphatic rings. The van der Waals surface area contributed by atoms with Crippen LogP contribution in [0, 0.1) is 5.41 Å². The first-order valence-electron chi connectivity index (χ1n) is 6.03. The van der Waals surface area contributed by atoms with Crippen LogP contribution in [0.25, 0.3) is 0 Å². The summed E-state index contributed by atoms with van der Waals surface area (Å²) in [6, 6.07) is 0. The third-order valence-electron chi connectivity index (χ3n) is 3.55. The van der Waals surface area contributed by atoms with Crippen LogP contribution in [-0.4, -0.2) is 17.8 Å². The number of halogens is 1. The molecule has 0 heterocycles. The fourth-order valence-electron chi connectivity index (χ4n) is 2.37. The lowest BCUT2D eigenvalue weighted by Crippen LogP contribution is -2.39. The number of alkyl halides is 1. The Morgan fingerprint density at radius 1 is 1.47 bits per heavy atom. The van der Waals surface area contributed by atoms with Crippen molar-refractivity contribution in [1.82, 2.24) is 5.32 Å². The molecular formula is C12H22ClNO. The molecule has 1 atom stereocenters. The van der Waals surface area contributed by atoms with Gasteiger partial charge in [-0.3, -0.25) is 4.79 Å². The van der Waals surface area contributed by atoms with Gasteiger partial charge in [-0.2, -0.15) is 0 Å². The van der Waals surface area contributed by atoms with Gasteiger partial charge in [-0.15, -0.1) is 11.6 Å². The average molecular weight is 232 g/mol. The molecule has 0 bridgehead atoms. The molecule has 0 aliphatic heterocycles. The summed E-state index contributed by atoms with van der Waals surface area (Å²) in [6.45, 7) is 4.79. The number of nitrogens with one attached hydrogen (secondary N) is 1. The van der Waals surface area contributed by atoms with Crippen LogP contribution in [0.4, 0.5) is 0 Å². The molecule has 1 saturated carbocycles. The summed E-state index contributed by atoms with van der Waals surface area (Å²) in [5, 5.41) is 3.17. The molecule has 2 nitrogen and oxygen atoms in total. The highest BCUT2D eigenvalue weighted by Gasteiger charge is 2.38. The third-order valence-corrected chi connectivity index (χ3v) is 3.77. The highest BCUT2D eigenvalue weighted by molar-refractivity contribution is 6.20. The Balaban J connectivity index is 2.37. The number of hydrogen-bond acceptors (Lipinski definition) is 1. The molecule has 1 fully saturated rings. The molecule has 1 unspecified atom stereocenters. The van der Waals surface area contributed by atoms with Crippen molar-refractivity contribution in [2.24, 2.45) is 5.41 Å². The van der Waals surface area contributed by atoms with Gasteiger partial charge in [0.25, 0.3) is 0 Å². The van der Waals surface area contributed by atoms with Crippen LogP contribution in [0.2, 0.25) is 0 Å². The first-order chi connectivity index (χ1) is 7.10. The third kappa shape index (κ3) is 3.37. The lowest BCUT2D eigenvalue weighted by atomic mass is 9.82. The van der Waals surface area contributed by atoms with E-state index in [9.17, 15) is 4.79 Å². The lowest BCUT2D eigenvalue weighted by Gasteiger charge is -2.26. The first-order valence-corrected chi connectivity index (χ1v) is 6.47. The van der Waals surface area contributed by atoms with Crippen LogP contribution in [0.3, 0.4) is 0 Å². The molecule has 0 radical (unpaired) electrons. The van der Waals surface area contributed by atoms with E-state index in [0.717, 1.165) is 25.7 Å². The minimum atomic E-state index is -0.0600. The largest absolute Gasteiger partial charge is 0.356 e. The topological polar surface area (TPSA) is 29.1 Å². The highest BCUT2D eigenvalue weighted by Crippen LogP contribution is 2.40. The van der Waals surface area contributed by atoms with E-state index in [-0.39, 0.29) is 16.7 Å². The second kappa shape index (κ2) is 5.74. The van der Waals surface area contributed by atoms with Gasteiger partial charge in [0.15, 0.2) is 0 Å². The van der Waals surface area contributed by atoms with E-state index in [2.05, 4.69) is 12.2 Å². The molecule has 88 valence electrons. The van der Waals surface area contributed by atoms with E-state index >= 15 is 0 Å². The standard InChI is InChI=1S/C12H22ClNO/c1-3-12(7-4-5-8-12)11(15)14-9-6-10(2)13/h10H,3-9H2,1-2H3,(H,14,15). The minimum absolute atomic E-state index is 0.0600. The van der Waals surface area contributed by atoms with Crippen LogP contribution in [0.5, 0.6) is 0 Å². The molecule has 0 aromatic heterocycles. The maximum Gasteiger partial charge on any atom is 0.226 e. The van der Waals surface area contributed by atoms with Crippen molar-refractivity contribution in [2.45, 2.75) is 57.7 Å². The maximum atomic E-state index is 12.0. The smallest absolute Gasteiger partial charge is 0.226 e. The van der Waals surface area contributed by atoms with Gasteiger partial charge in [0.2, 0.25) is 5.91 Å². The average Bonchev–Trinajstić information content (AvgIpc) is 2.66. The molecule has 1 amide bonds. The monoisotopic (exact) mass is 231 g/mol. The zero-order valence-electron chi connectivity index (χ0n) is 9.81. The predicted molar refractivity (Wildman–Crippen MR) is 64.1 cm³/mol. The van der Waals surface area contributed by atoms with E-state index in [1.165, 1.54) is 12.8 Å². The minimum Gasteiger partial charge on any atom is -0.356 e. The molecule has 3 heteroatoms. The molecular weight excluding hydrogens is 210 g/mol. The van der Waals surface area contributed by atoms with Gasteiger partial charge in [0.05, 0.1) is 0 Å². The number of carbonyl (C=O) groups is 1. The number of amides is 1. The summed E-state index contributed by atoms with van der Waals surface area (Å²) < 4.78 is 0. The lowest BCUT2D eigenvalue weighted by molar-refractivity contribution is -0.131. The van der Waals surface area contributed by atoms with Gasteiger partial charge in [-0.25, -0.2) is 0 Å². The number of hydrogen-bond donors (Lipinski definition) is 1. The van der Waals surface area contributed by atoms with Crippen molar-refractivity contribution >= 4 is 17.5 Å². The van der Waals surface area contributed by atoms with E-state index in [4.69, 9.17) is 11.6 Å². The second-order valence-electron chi connectivity index (χ2n) is 4.67. The van der Waals surface area contributed by atoms with Crippen LogP contribution >= 0.6 is 11.6 Å². The zero-order valence-corrected chi connectivity index (χ0v) is 10.6. The van der Waals surface area contributed by atoms with Crippen molar-refractivity contribution < 1.29 is 4.79 Å². The fourth-order valence-corrected chi connectivity index (χ4v) is 2.47. The maximum absolute atomic E-state index is 12.0. The first kappa shape index (κ1) is 12.8. The summed E-state index contributed by atoms with van der Waals surface area (Å²) in [4.78, 5) is 12.0. The van der Waals surface area contributed by atoms with Crippen molar-refractivity contribution in [3.05, 3.63) is 0 Å². The molecule has 15 heavy (non-hydrogen) atoms. The Labute approximate surface area is 97.8 Å². The fraction of sp³-hybridized carbons (Fsp3) is 0.917. The summed E-state index contributed by atoms with van der Waals surface area (Å²) in [7, 11) is 0. The van der Waals surface area contributed by atoms with Gasteiger partial charge in [-0.1, -0.05) is 19.8 Å².